The first-order valence-corrected chi connectivity index (χ1v) is 10.2. The fourth-order valence-electron chi connectivity index (χ4n) is 3.37. The Labute approximate surface area is 186 Å². The van der Waals surface area contributed by atoms with Gasteiger partial charge >= 0.3 is 0 Å². The second-order valence-corrected chi connectivity index (χ2v) is 7.13. The van der Waals surface area contributed by atoms with Crippen LogP contribution in [0.3, 0.4) is 0 Å². The molecule has 32 heavy (non-hydrogen) atoms. The summed E-state index contributed by atoms with van der Waals surface area (Å²) in [5.41, 5.74) is 1.99. The molecule has 158 valence electrons. The molecule has 0 saturated carbocycles. The Morgan fingerprint density at radius 3 is 2.34 bits per heavy atom. The van der Waals surface area contributed by atoms with Gasteiger partial charge < -0.3 is 15.4 Å². The van der Waals surface area contributed by atoms with Gasteiger partial charge in [-0.15, -0.1) is 0 Å². The number of hydrogen-bond donors (Lipinski definition) is 2. The van der Waals surface area contributed by atoms with Crippen molar-refractivity contribution < 1.29 is 14.3 Å². The molecule has 0 fully saturated rings. The van der Waals surface area contributed by atoms with Gasteiger partial charge in [-0.1, -0.05) is 66.7 Å². The number of methoxy groups -OCH3 is 1. The number of anilines is 1. The third-order valence-corrected chi connectivity index (χ3v) is 4.98. The highest BCUT2D eigenvalue weighted by molar-refractivity contribution is 6.11. The molecule has 0 radical (unpaired) electrons. The number of nitrogens with one attached hydrogen (secondary N) is 2. The van der Waals surface area contributed by atoms with Crippen LogP contribution in [0.1, 0.15) is 15.9 Å². The first kappa shape index (κ1) is 20.9. The third-order valence-electron chi connectivity index (χ3n) is 4.98. The zero-order valence-electron chi connectivity index (χ0n) is 17.5. The van der Waals surface area contributed by atoms with Crippen molar-refractivity contribution in [2.24, 2.45) is 0 Å². The van der Waals surface area contributed by atoms with Crippen molar-refractivity contribution in [3.63, 3.8) is 0 Å². The Hall–Kier alpha value is -4.38. The minimum Gasteiger partial charge on any atom is -0.497 e. The molecule has 5 heteroatoms. The number of amides is 2. The van der Waals surface area contributed by atoms with Crippen LogP contribution in [0.15, 0.2) is 103 Å². The lowest BCUT2D eigenvalue weighted by Gasteiger charge is -2.13. The van der Waals surface area contributed by atoms with E-state index in [4.69, 9.17) is 4.74 Å². The normalized spacial score (nSPS) is 11.1. The van der Waals surface area contributed by atoms with Crippen LogP contribution in [0.4, 0.5) is 5.69 Å². The summed E-state index contributed by atoms with van der Waals surface area (Å²) in [6, 6.07) is 29.6. The van der Waals surface area contributed by atoms with Crippen molar-refractivity contribution >= 4 is 34.4 Å². The molecule has 2 amide bonds. The van der Waals surface area contributed by atoms with Gasteiger partial charge in [-0.25, -0.2) is 0 Å². The molecule has 0 heterocycles. The zero-order valence-corrected chi connectivity index (χ0v) is 17.5. The number of hydrogen-bond acceptors (Lipinski definition) is 3. The lowest BCUT2D eigenvalue weighted by molar-refractivity contribution is -0.113. The third kappa shape index (κ3) is 4.84. The van der Waals surface area contributed by atoms with E-state index < -0.39 is 5.91 Å². The Balaban J connectivity index is 1.71. The predicted molar refractivity (Wildman–Crippen MR) is 127 cm³/mol. The highest BCUT2D eigenvalue weighted by Crippen LogP contribution is 2.22. The lowest BCUT2D eigenvalue weighted by atomic mass is 10.0. The molecule has 0 unspecified atom stereocenters. The van der Waals surface area contributed by atoms with E-state index in [2.05, 4.69) is 10.6 Å². The van der Waals surface area contributed by atoms with E-state index in [1.807, 2.05) is 48.5 Å². The quantitative estimate of drug-likeness (QED) is 0.417. The van der Waals surface area contributed by atoms with E-state index in [0.29, 0.717) is 17.0 Å². The molecule has 0 spiro atoms. The monoisotopic (exact) mass is 422 g/mol. The molecular formula is C27H22N2O3. The molecule has 4 aromatic rings. The maximum Gasteiger partial charge on any atom is 0.272 e. The minimum atomic E-state index is -0.435. The molecule has 2 N–H and O–H groups in total. The molecule has 4 aromatic carbocycles. The summed E-state index contributed by atoms with van der Waals surface area (Å²) in [5.74, 6) is -0.177. The molecule has 5 nitrogen and oxygen atoms in total. The van der Waals surface area contributed by atoms with Gasteiger partial charge in [0.25, 0.3) is 11.8 Å². The average molecular weight is 422 g/mol. The number of benzene rings is 4. The summed E-state index contributed by atoms with van der Waals surface area (Å²) < 4.78 is 5.23. The summed E-state index contributed by atoms with van der Waals surface area (Å²) in [6.07, 6.45) is 1.69. The van der Waals surface area contributed by atoms with E-state index in [1.165, 1.54) is 0 Å². The fourth-order valence-corrected chi connectivity index (χ4v) is 3.37. The number of carbonyl (C=O) groups excluding carboxylic acids is 2. The van der Waals surface area contributed by atoms with Crippen molar-refractivity contribution in [2.75, 3.05) is 12.4 Å². The fraction of sp³-hybridized carbons (Fsp3) is 0.0370. The molecule has 0 bridgehead atoms. The van der Waals surface area contributed by atoms with Crippen molar-refractivity contribution in [3.05, 3.63) is 114 Å². The summed E-state index contributed by atoms with van der Waals surface area (Å²) in [7, 11) is 1.56. The first-order valence-electron chi connectivity index (χ1n) is 10.2. The second kappa shape index (κ2) is 9.62. The van der Waals surface area contributed by atoms with E-state index in [-0.39, 0.29) is 11.6 Å². The average Bonchev–Trinajstić information content (AvgIpc) is 2.84. The summed E-state index contributed by atoms with van der Waals surface area (Å²) in [6.45, 7) is 0. The minimum absolute atomic E-state index is 0.137. The van der Waals surface area contributed by atoms with Crippen LogP contribution >= 0.6 is 0 Å². The maximum atomic E-state index is 13.2. The summed E-state index contributed by atoms with van der Waals surface area (Å²) in [5, 5.41) is 7.64. The van der Waals surface area contributed by atoms with Crippen LogP contribution < -0.4 is 15.4 Å². The molecule has 0 aromatic heterocycles. The molecule has 4 rings (SSSR count). The maximum absolute atomic E-state index is 13.2. The van der Waals surface area contributed by atoms with Crippen LogP contribution in [0.5, 0.6) is 5.75 Å². The van der Waals surface area contributed by atoms with Crippen LogP contribution in [-0.4, -0.2) is 18.9 Å². The predicted octanol–water partition coefficient (Wildman–Crippen LogP) is 5.26. The molecule has 0 saturated heterocycles. The summed E-state index contributed by atoms with van der Waals surface area (Å²) in [4.78, 5) is 26.0. The Morgan fingerprint density at radius 1 is 0.812 bits per heavy atom. The number of rotatable bonds is 6. The highest BCUT2D eigenvalue weighted by atomic mass is 16.5. The smallest absolute Gasteiger partial charge is 0.272 e. The topological polar surface area (TPSA) is 67.4 Å². The van der Waals surface area contributed by atoms with Crippen LogP contribution in [-0.2, 0) is 4.79 Å². The highest BCUT2D eigenvalue weighted by Gasteiger charge is 2.16. The van der Waals surface area contributed by atoms with Crippen molar-refractivity contribution in [3.8, 4) is 5.75 Å². The van der Waals surface area contributed by atoms with Gasteiger partial charge in [0.15, 0.2) is 0 Å². The van der Waals surface area contributed by atoms with Gasteiger partial charge in [-0.05, 0) is 46.7 Å². The van der Waals surface area contributed by atoms with Gasteiger partial charge in [0, 0.05) is 17.3 Å². The number of fused-ring (bicyclic) bond motifs is 1. The molecule has 0 aliphatic carbocycles. The first-order chi connectivity index (χ1) is 15.6. The largest absolute Gasteiger partial charge is 0.497 e. The van der Waals surface area contributed by atoms with Crippen molar-refractivity contribution in [1.82, 2.24) is 5.32 Å². The van der Waals surface area contributed by atoms with E-state index in [1.54, 1.807) is 61.7 Å². The van der Waals surface area contributed by atoms with Crippen LogP contribution in [0.2, 0.25) is 0 Å². The van der Waals surface area contributed by atoms with Crippen LogP contribution in [0.25, 0.3) is 16.8 Å². The Kier molecular flexibility index (Phi) is 6.28. The zero-order chi connectivity index (χ0) is 22.3. The van der Waals surface area contributed by atoms with E-state index in [9.17, 15) is 9.59 Å². The Bertz CT molecular complexity index is 1290. The molecule has 0 aliphatic rings. The van der Waals surface area contributed by atoms with Gasteiger partial charge in [-0.3, -0.25) is 9.59 Å². The standard InChI is InChI=1S/C27H22N2O3/c1-32-23-15-8-14-22(18-23)28-27(31)25(29-26(30)20-10-3-2-4-11-20)17-21-13-7-12-19-9-5-6-16-24(19)21/h2-18H,1H3,(H,28,31)(H,29,30)/b25-17+. The van der Waals surface area contributed by atoms with Gasteiger partial charge in [0.1, 0.15) is 11.4 Å². The van der Waals surface area contributed by atoms with E-state index >= 15 is 0 Å². The molecular weight excluding hydrogens is 400 g/mol. The van der Waals surface area contributed by atoms with Gasteiger partial charge in [0.2, 0.25) is 0 Å². The summed E-state index contributed by atoms with van der Waals surface area (Å²) >= 11 is 0. The molecule has 0 atom stereocenters. The van der Waals surface area contributed by atoms with Crippen molar-refractivity contribution in [1.29, 1.82) is 0 Å². The van der Waals surface area contributed by atoms with Crippen molar-refractivity contribution in [2.45, 2.75) is 0 Å². The lowest BCUT2D eigenvalue weighted by Crippen LogP contribution is -2.30. The number of carbonyl (C=O) groups is 2. The Morgan fingerprint density at radius 2 is 1.53 bits per heavy atom. The van der Waals surface area contributed by atoms with Gasteiger partial charge in [0.05, 0.1) is 7.11 Å². The second-order valence-electron chi connectivity index (χ2n) is 7.13. The number of ether oxygens (including phenoxy) is 1. The van der Waals surface area contributed by atoms with Crippen LogP contribution in [0, 0.1) is 0 Å². The van der Waals surface area contributed by atoms with Gasteiger partial charge in [-0.2, -0.15) is 0 Å². The SMILES string of the molecule is COc1cccc(NC(=O)/C(=C\c2cccc3ccccc23)NC(=O)c2ccccc2)c1. The molecule has 0 aliphatic heterocycles. The van der Waals surface area contributed by atoms with E-state index in [0.717, 1.165) is 16.3 Å².